The number of H-pyrrole nitrogens is 1. The minimum absolute atomic E-state index is 0.000871. The Morgan fingerprint density at radius 1 is 0.406 bits per heavy atom. The van der Waals surface area contributed by atoms with Crippen molar-refractivity contribution >= 4 is 141 Å². The van der Waals surface area contributed by atoms with Gasteiger partial charge in [-0.15, -0.1) is 0 Å². The van der Waals surface area contributed by atoms with Crippen LogP contribution in [0.5, 0.6) is 0 Å². The minimum atomic E-state index is -1.96. The minimum Gasteiger partial charge on any atom is -0.394 e. The van der Waals surface area contributed by atoms with E-state index in [1.165, 1.54) is 136 Å². The van der Waals surface area contributed by atoms with E-state index in [9.17, 15) is 116 Å². The van der Waals surface area contributed by atoms with Crippen LogP contribution in [0.15, 0.2) is 30.5 Å². The fourth-order valence-electron chi connectivity index (χ4n) is 14.2. The Morgan fingerprint density at radius 3 is 1.27 bits per heavy atom. The molecule has 3 rings (SSSR count). The highest BCUT2D eigenvalue weighted by Gasteiger charge is 2.48. The standard InChI is InChI=1S/C91H149N23O24/c1-26-47(6)65(74(129)100-56(34-37-62(93)119)69(124)99-55(33-36-61(92)118)68(123)98-52(43-115)41-51-42-95-54-31-28-27-30-53(51)54)105-79(134)85(12,13)110-75(130)64(46(4)5)104-73(128)60-32-29-39-114(60)83(138)91(24,25)109-72(127)58(40-45(2)3)101-70(125)59(44-116)103-78(133)87(16,17)112-82(137)90(22,23)113-81(136)89(20,21)108-71(126)57(35-38-63(94)120)102-77(132)86(14,15)111-80(135)88(18,19)107-67(122)49(8)96-66(121)48(7)97-76(131)84(10,11)106-50(9)117/h27-28,30-31,42,45-49,52,55-60,64-65,95,115-116H,26,29,32-41,43-44H2,1-25H3,(H2,92,118)(H2,93,119)(H2,94,120)(H,96,121)(H,97,131)(H,98,123)(H,99,124)(H,100,129)(H,101,125)(H,102,132)(H,103,133)(H,104,128)(H,105,134)(H,106,117)(H,107,122)(H,108,126)(H,109,127)(H,110,130)(H,111,135)(H,112,137)(H,113,136)/t47-,48-,49+,52-,55-,56-,57-,58+,59-,60-,64-,65-/m0/s1. The number of aromatic nitrogens is 1. The van der Waals surface area contributed by atoms with E-state index in [1.54, 1.807) is 47.7 Å². The number of benzene rings is 1. The highest BCUT2D eigenvalue weighted by Crippen LogP contribution is 2.26. The number of nitrogens with zero attached hydrogens (tertiary/aromatic N) is 1. The lowest BCUT2D eigenvalue weighted by molar-refractivity contribution is -0.146. The normalized spacial score (nSPS) is 15.6. The van der Waals surface area contributed by atoms with Gasteiger partial charge in [0.25, 0.3) is 0 Å². The van der Waals surface area contributed by atoms with Gasteiger partial charge in [-0.2, -0.15) is 0 Å². The van der Waals surface area contributed by atoms with E-state index in [1.807, 2.05) is 24.3 Å². The number of hydrogen-bond acceptors (Lipinski definition) is 24. The van der Waals surface area contributed by atoms with Gasteiger partial charge in [-0.3, -0.25) is 105 Å². The van der Waals surface area contributed by atoms with Crippen molar-refractivity contribution in [2.75, 3.05) is 19.8 Å². The second kappa shape index (κ2) is 50.4. The van der Waals surface area contributed by atoms with Crippen LogP contribution in [0, 0.1) is 17.8 Å². The molecule has 0 saturated carbocycles. The zero-order valence-corrected chi connectivity index (χ0v) is 83.9. The Kier molecular flexibility index (Phi) is 43.5. The van der Waals surface area contributed by atoms with Crippen molar-refractivity contribution in [2.45, 2.75) is 354 Å². The van der Waals surface area contributed by atoms with Gasteiger partial charge in [0.05, 0.1) is 19.3 Å². The van der Waals surface area contributed by atoms with Gasteiger partial charge in [-0.05, 0) is 199 Å². The third-order valence-corrected chi connectivity index (χ3v) is 23.1. The fourth-order valence-corrected chi connectivity index (χ4v) is 14.2. The lowest BCUT2D eigenvalue weighted by Crippen LogP contribution is -2.68. The Balaban J connectivity index is 1.71. The maximum Gasteiger partial charge on any atom is 0.248 e. The third kappa shape index (κ3) is 35.9. The monoisotopic (exact) mass is 1950 g/mol. The van der Waals surface area contributed by atoms with Crippen LogP contribution in [-0.4, -0.2) is 281 Å². The maximum absolute atomic E-state index is 14.7. The van der Waals surface area contributed by atoms with Crippen LogP contribution in [0.25, 0.3) is 10.9 Å². The summed E-state index contributed by atoms with van der Waals surface area (Å²) in [7, 11) is 0. The van der Waals surface area contributed by atoms with E-state index in [-0.39, 0.29) is 57.4 Å². The topological polar surface area (TPSA) is 730 Å². The summed E-state index contributed by atoms with van der Waals surface area (Å²) in [6.45, 7) is 32.8. The molecule has 22 amide bonds. The molecule has 1 aliphatic heterocycles. The van der Waals surface area contributed by atoms with Crippen molar-refractivity contribution in [3.63, 3.8) is 0 Å². The molecule has 0 radical (unpaired) electrons. The predicted molar refractivity (Wildman–Crippen MR) is 504 cm³/mol. The summed E-state index contributed by atoms with van der Waals surface area (Å²) in [5, 5.41) is 67.3. The second-order valence-electron chi connectivity index (χ2n) is 40.2. The second-order valence-corrected chi connectivity index (χ2v) is 40.2. The van der Waals surface area contributed by atoms with Crippen LogP contribution in [0.1, 0.15) is 243 Å². The molecule has 772 valence electrons. The number of rotatable bonds is 54. The average molecular weight is 1950 g/mol. The number of fused-ring (bicyclic) bond motifs is 1. The van der Waals surface area contributed by atoms with Gasteiger partial charge in [0.15, 0.2) is 0 Å². The van der Waals surface area contributed by atoms with Crippen LogP contribution < -0.4 is 113 Å². The lowest BCUT2D eigenvalue weighted by atomic mass is 9.94. The molecule has 2 aromatic rings. The van der Waals surface area contributed by atoms with Gasteiger partial charge in [0, 0.05) is 49.8 Å². The number of likely N-dealkylation sites (tertiary alicyclic amines) is 1. The molecule has 1 aliphatic rings. The number of primary amides is 3. The van der Waals surface area contributed by atoms with Gasteiger partial charge < -0.3 is 133 Å². The van der Waals surface area contributed by atoms with E-state index in [0.29, 0.717) is 0 Å². The van der Waals surface area contributed by atoms with E-state index in [4.69, 9.17) is 17.2 Å². The van der Waals surface area contributed by atoms with Gasteiger partial charge in [-0.25, -0.2) is 0 Å². The Labute approximate surface area is 803 Å². The highest BCUT2D eigenvalue weighted by molar-refractivity contribution is 6.05. The summed E-state index contributed by atoms with van der Waals surface area (Å²) in [5.74, 6) is -21.2. The fraction of sp³-hybridized carbons (Fsp3) is 0.670. The molecule has 47 nitrogen and oxygen atoms in total. The molecule has 27 N–H and O–H groups in total. The number of hydrogen-bond donors (Lipinski definition) is 24. The molecular formula is C91H149N23O24. The molecule has 0 aliphatic carbocycles. The summed E-state index contributed by atoms with van der Waals surface area (Å²) in [4.78, 5) is 304. The van der Waals surface area contributed by atoms with E-state index < -0.39 is 291 Å². The SMILES string of the molecule is CC[C@H](C)[C@H](NC(=O)C(C)(C)NC(=O)[C@@H](NC(=O)[C@@H]1CCCN1C(=O)C(C)(C)NC(=O)[C@@H](CC(C)C)NC(=O)[C@H](CO)NC(=O)C(C)(C)NC(=O)C(C)(C)NC(=O)C(C)(C)NC(=O)[C@H](CCC(N)=O)NC(=O)C(C)(C)NC(=O)C(C)(C)NC(=O)[C@@H](C)NC(=O)[C@H](C)NC(=O)C(C)(C)NC(C)=O)C(C)C)C(=O)N[C@@H](CCC(N)=O)C(=O)N[C@@H](CCC(N)=O)C(=O)N[C@H](CO)Cc1c[nH]c2ccccc12. The van der Waals surface area contributed by atoms with Crippen LogP contribution in [0.4, 0.5) is 0 Å². The first kappa shape index (κ1) is 119. The van der Waals surface area contributed by atoms with E-state index >= 15 is 0 Å². The number of nitrogens with two attached hydrogens (primary N) is 3. The van der Waals surface area contributed by atoms with Gasteiger partial charge in [0.1, 0.15) is 105 Å². The third-order valence-electron chi connectivity index (χ3n) is 23.1. The Morgan fingerprint density at radius 2 is 0.797 bits per heavy atom. The number of aliphatic hydroxyl groups excluding tert-OH is 2. The lowest BCUT2D eigenvalue weighted by Gasteiger charge is -2.36. The molecule has 12 atom stereocenters. The number of carbonyl (C=O) groups is 22. The van der Waals surface area contributed by atoms with Gasteiger partial charge in [0.2, 0.25) is 130 Å². The van der Waals surface area contributed by atoms with Gasteiger partial charge in [-0.1, -0.05) is 66.2 Å². The summed E-state index contributed by atoms with van der Waals surface area (Å²) < 4.78 is 0. The highest BCUT2D eigenvalue weighted by atomic mass is 16.3. The molecule has 1 aromatic heterocycles. The molecule has 1 fully saturated rings. The van der Waals surface area contributed by atoms with Gasteiger partial charge >= 0.3 is 0 Å². The molecule has 0 spiro atoms. The first-order chi connectivity index (χ1) is 63.3. The molecule has 138 heavy (non-hydrogen) atoms. The summed E-state index contributed by atoms with van der Waals surface area (Å²) >= 11 is 0. The molecular weight excluding hydrogens is 1800 g/mol. The smallest absolute Gasteiger partial charge is 0.248 e. The van der Waals surface area contributed by atoms with Crippen LogP contribution in [0.3, 0.4) is 0 Å². The number of aliphatic hydroxyl groups is 2. The molecule has 2 heterocycles. The summed E-state index contributed by atoms with van der Waals surface area (Å²) in [5.41, 5.74) is 3.35. The van der Waals surface area contributed by atoms with E-state index in [0.717, 1.165) is 16.5 Å². The number of amides is 22. The predicted octanol–water partition coefficient (Wildman–Crippen LogP) is -4.70. The van der Waals surface area contributed by atoms with Crippen LogP contribution in [-0.2, 0) is 112 Å². The van der Waals surface area contributed by atoms with Crippen molar-refractivity contribution in [1.29, 1.82) is 0 Å². The zero-order valence-electron chi connectivity index (χ0n) is 83.9. The molecule has 47 heteroatoms. The largest absolute Gasteiger partial charge is 0.394 e. The molecule has 0 bridgehead atoms. The van der Waals surface area contributed by atoms with Crippen molar-refractivity contribution < 1.29 is 116 Å². The van der Waals surface area contributed by atoms with Crippen LogP contribution in [0.2, 0.25) is 0 Å². The maximum atomic E-state index is 14.7. The summed E-state index contributed by atoms with van der Waals surface area (Å²) in [6, 6.07) is -7.94. The average Bonchev–Trinajstić information content (AvgIpc) is 1.09. The van der Waals surface area contributed by atoms with Crippen molar-refractivity contribution in [1.82, 2.24) is 106 Å². The molecule has 1 aromatic carbocycles. The van der Waals surface area contributed by atoms with Crippen molar-refractivity contribution in [2.24, 2.45) is 35.0 Å². The number of para-hydroxylation sites is 1. The Hall–Kier alpha value is -13.0. The molecule has 0 unspecified atom stereocenters. The number of nitrogens with one attached hydrogen (secondary N) is 19. The first-order valence-electron chi connectivity index (χ1n) is 45.9. The Bertz CT molecular complexity index is 4820. The summed E-state index contributed by atoms with van der Waals surface area (Å²) in [6.07, 6.45) is -0.0236. The zero-order chi connectivity index (χ0) is 106. The van der Waals surface area contributed by atoms with Crippen molar-refractivity contribution in [3.8, 4) is 0 Å². The quantitative estimate of drug-likeness (QED) is 0.0296. The number of aromatic amines is 1. The molecule has 1 saturated heterocycles. The van der Waals surface area contributed by atoms with E-state index in [2.05, 4.69) is 101 Å². The first-order valence-corrected chi connectivity index (χ1v) is 45.9. The number of carbonyl (C=O) groups excluding carboxylic acids is 22. The van der Waals surface area contributed by atoms with Crippen LogP contribution >= 0.6 is 0 Å². The van der Waals surface area contributed by atoms with Crippen molar-refractivity contribution in [3.05, 3.63) is 36.0 Å².